The van der Waals surface area contributed by atoms with E-state index in [4.69, 9.17) is 9.15 Å². The van der Waals surface area contributed by atoms with Gasteiger partial charge in [0.2, 0.25) is 0 Å². The molecule has 0 bridgehead atoms. The number of aromatic nitrogens is 1. The first-order valence-corrected chi connectivity index (χ1v) is 6.56. The van der Waals surface area contributed by atoms with Crippen LogP contribution in [0.2, 0.25) is 0 Å². The number of methoxy groups -OCH3 is 1. The largest absolute Gasteiger partial charge is 0.465 e. The average Bonchev–Trinajstić information content (AvgIpc) is 2.86. The van der Waals surface area contributed by atoms with Gasteiger partial charge in [0.05, 0.1) is 25.5 Å². The van der Waals surface area contributed by atoms with Crippen LogP contribution in [-0.4, -0.2) is 32.2 Å². The van der Waals surface area contributed by atoms with Crippen molar-refractivity contribution in [2.24, 2.45) is 0 Å². The molecule has 2 aromatic rings. The fourth-order valence-corrected chi connectivity index (χ4v) is 1.89. The van der Waals surface area contributed by atoms with Crippen LogP contribution in [0.1, 0.15) is 21.9 Å². The molecule has 6 heteroatoms. The second-order valence-electron chi connectivity index (χ2n) is 4.83. The Hall–Kier alpha value is -2.50. The zero-order valence-corrected chi connectivity index (χ0v) is 12.6. The van der Waals surface area contributed by atoms with Gasteiger partial charge in [-0.15, -0.1) is 0 Å². The Balaban J connectivity index is 2.01. The van der Waals surface area contributed by atoms with Crippen LogP contribution in [0.25, 0.3) is 0 Å². The normalized spacial score (nSPS) is 10.3. The van der Waals surface area contributed by atoms with Gasteiger partial charge in [-0.2, -0.15) is 0 Å². The highest BCUT2D eigenvalue weighted by Gasteiger charge is 2.15. The maximum Gasteiger partial charge on any atom is 0.341 e. The molecule has 0 saturated heterocycles. The molecule has 0 amide bonds. The van der Waals surface area contributed by atoms with Gasteiger partial charge in [0.1, 0.15) is 22.9 Å². The van der Waals surface area contributed by atoms with Gasteiger partial charge in [-0.3, -0.25) is 0 Å². The summed E-state index contributed by atoms with van der Waals surface area (Å²) in [5, 5.41) is 3.20. The molecule has 0 radical (unpaired) electrons. The Labute approximate surface area is 123 Å². The van der Waals surface area contributed by atoms with E-state index in [0.717, 1.165) is 11.5 Å². The molecule has 0 aromatic carbocycles. The summed E-state index contributed by atoms with van der Waals surface area (Å²) in [7, 11) is 5.23. The quantitative estimate of drug-likeness (QED) is 0.853. The number of ether oxygens (including phenoxy) is 1. The summed E-state index contributed by atoms with van der Waals surface area (Å²) in [6, 6.07) is 5.56. The number of esters is 1. The number of hydrogen-bond donors (Lipinski definition) is 1. The van der Waals surface area contributed by atoms with E-state index in [-0.39, 0.29) is 5.97 Å². The van der Waals surface area contributed by atoms with Crippen LogP contribution in [-0.2, 0) is 11.3 Å². The molecule has 0 aliphatic carbocycles. The SMILES string of the molecule is COC(=O)c1cc(CNc2ccc(N(C)C)nc2)oc1C. The number of aryl methyl sites for hydroxylation is 1. The highest BCUT2D eigenvalue weighted by atomic mass is 16.5. The molecule has 0 fully saturated rings. The monoisotopic (exact) mass is 289 g/mol. The van der Waals surface area contributed by atoms with Gasteiger partial charge >= 0.3 is 5.97 Å². The number of hydrogen-bond acceptors (Lipinski definition) is 6. The molecule has 0 aliphatic heterocycles. The van der Waals surface area contributed by atoms with Gasteiger partial charge in [-0.25, -0.2) is 9.78 Å². The van der Waals surface area contributed by atoms with Crippen molar-refractivity contribution in [3.05, 3.63) is 41.5 Å². The highest BCUT2D eigenvalue weighted by Crippen LogP contribution is 2.18. The Kier molecular flexibility index (Phi) is 4.47. The standard InChI is InChI=1S/C15H19N3O3/c1-10-13(15(19)20-4)7-12(21-10)9-16-11-5-6-14(17-8-11)18(2)3/h5-8,16H,9H2,1-4H3. The lowest BCUT2D eigenvalue weighted by molar-refractivity contribution is 0.0599. The molecule has 112 valence electrons. The Bertz CT molecular complexity index is 618. The molecule has 0 atom stereocenters. The minimum Gasteiger partial charge on any atom is -0.465 e. The van der Waals surface area contributed by atoms with Crippen LogP contribution in [0.15, 0.2) is 28.8 Å². The first-order valence-electron chi connectivity index (χ1n) is 6.56. The van der Waals surface area contributed by atoms with Crippen molar-refractivity contribution < 1.29 is 13.9 Å². The summed E-state index contributed by atoms with van der Waals surface area (Å²) < 4.78 is 10.2. The van der Waals surface area contributed by atoms with E-state index in [2.05, 4.69) is 10.3 Å². The van der Waals surface area contributed by atoms with Crippen molar-refractivity contribution in [3.8, 4) is 0 Å². The van der Waals surface area contributed by atoms with Crippen LogP contribution in [0.4, 0.5) is 11.5 Å². The van der Waals surface area contributed by atoms with Gasteiger partial charge in [0.15, 0.2) is 0 Å². The second-order valence-corrected chi connectivity index (χ2v) is 4.83. The van der Waals surface area contributed by atoms with Gasteiger partial charge in [-0.05, 0) is 25.1 Å². The first kappa shape index (κ1) is 14.9. The predicted molar refractivity (Wildman–Crippen MR) is 80.7 cm³/mol. The number of nitrogens with zero attached hydrogens (tertiary/aromatic N) is 2. The third-order valence-corrected chi connectivity index (χ3v) is 3.05. The number of carbonyl (C=O) groups excluding carboxylic acids is 1. The maximum absolute atomic E-state index is 11.5. The molecule has 2 heterocycles. The van der Waals surface area contributed by atoms with E-state index in [1.807, 2.05) is 31.1 Å². The minimum absolute atomic E-state index is 0.389. The molecule has 0 unspecified atom stereocenters. The number of carbonyl (C=O) groups is 1. The van der Waals surface area contributed by atoms with Crippen molar-refractivity contribution >= 4 is 17.5 Å². The number of furan rings is 1. The zero-order chi connectivity index (χ0) is 15.4. The van der Waals surface area contributed by atoms with Gasteiger partial charge in [-0.1, -0.05) is 0 Å². The van der Waals surface area contributed by atoms with Crippen LogP contribution in [0.3, 0.4) is 0 Å². The number of pyridine rings is 1. The van der Waals surface area contributed by atoms with E-state index in [1.54, 1.807) is 19.2 Å². The van der Waals surface area contributed by atoms with Crippen molar-refractivity contribution in [1.29, 1.82) is 0 Å². The minimum atomic E-state index is -0.389. The van der Waals surface area contributed by atoms with Crippen molar-refractivity contribution in [1.82, 2.24) is 4.98 Å². The summed E-state index contributed by atoms with van der Waals surface area (Å²) in [6.45, 7) is 2.21. The summed E-state index contributed by atoms with van der Waals surface area (Å²) in [5.41, 5.74) is 1.34. The lowest BCUT2D eigenvalue weighted by atomic mass is 10.2. The van der Waals surface area contributed by atoms with E-state index in [1.165, 1.54) is 7.11 Å². The molecule has 1 N–H and O–H groups in total. The lowest BCUT2D eigenvalue weighted by Crippen LogP contribution is -2.10. The molecule has 21 heavy (non-hydrogen) atoms. The second kappa shape index (κ2) is 6.30. The lowest BCUT2D eigenvalue weighted by Gasteiger charge is -2.11. The molecule has 2 aromatic heterocycles. The number of anilines is 2. The van der Waals surface area contributed by atoms with E-state index in [9.17, 15) is 4.79 Å². The average molecular weight is 289 g/mol. The van der Waals surface area contributed by atoms with Gasteiger partial charge in [0, 0.05) is 14.1 Å². The predicted octanol–water partition coefficient (Wildman–Crippen LogP) is 2.45. The van der Waals surface area contributed by atoms with Crippen LogP contribution >= 0.6 is 0 Å². The molecule has 6 nitrogen and oxygen atoms in total. The number of nitrogens with one attached hydrogen (secondary N) is 1. The fraction of sp³-hybridized carbons (Fsp3) is 0.333. The molecular formula is C15H19N3O3. The topological polar surface area (TPSA) is 67.6 Å². The fourth-order valence-electron chi connectivity index (χ4n) is 1.89. The third-order valence-electron chi connectivity index (χ3n) is 3.05. The van der Waals surface area contributed by atoms with Gasteiger partial charge < -0.3 is 19.4 Å². The maximum atomic E-state index is 11.5. The molecule has 0 spiro atoms. The number of rotatable bonds is 5. The first-order chi connectivity index (χ1) is 10.0. The van der Waals surface area contributed by atoms with E-state index >= 15 is 0 Å². The van der Waals surface area contributed by atoms with E-state index < -0.39 is 0 Å². The summed E-state index contributed by atoms with van der Waals surface area (Å²) in [5.74, 6) is 1.73. The smallest absolute Gasteiger partial charge is 0.341 e. The van der Waals surface area contributed by atoms with E-state index in [0.29, 0.717) is 23.6 Å². The van der Waals surface area contributed by atoms with Crippen molar-refractivity contribution in [3.63, 3.8) is 0 Å². The Morgan fingerprint density at radius 1 is 1.43 bits per heavy atom. The Morgan fingerprint density at radius 2 is 2.19 bits per heavy atom. The van der Waals surface area contributed by atoms with Crippen LogP contribution in [0, 0.1) is 6.92 Å². The molecule has 0 aliphatic rings. The van der Waals surface area contributed by atoms with Crippen molar-refractivity contribution in [2.75, 3.05) is 31.4 Å². The molecular weight excluding hydrogens is 270 g/mol. The third kappa shape index (κ3) is 3.53. The summed E-state index contributed by atoms with van der Waals surface area (Å²) >= 11 is 0. The molecule has 2 rings (SSSR count). The van der Waals surface area contributed by atoms with Gasteiger partial charge in [0.25, 0.3) is 0 Å². The summed E-state index contributed by atoms with van der Waals surface area (Å²) in [6.07, 6.45) is 1.76. The highest BCUT2D eigenvalue weighted by molar-refractivity contribution is 5.90. The van der Waals surface area contributed by atoms with Crippen LogP contribution in [0.5, 0.6) is 0 Å². The molecule has 0 saturated carbocycles. The zero-order valence-electron chi connectivity index (χ0n) is 12.6. The Morgan fingerprint density at radius 3 is 2.76 bits per heavy atom. The van der Waals surface area contributed by atoms with Crippen LogP contribution < -0.4 is 10.2 Å². The summed E-state index contributed by atoms with van der Waals surface area (Å²) in [4.78, 5) is 17.8. The van der Waals surface area contributed by atoms with Crippen molar-refractivity contribution in [2.45, 2.75) is 13.5 Å².